The minimum absolute atomic E-state index is 0.0437. The molecule has 1 aromatic heterocycles. The Morgan fingerprint density at radius 3 is 2.62 bits per heavy atom. The van der Waals surface area contributed by atoms with E-state index in [4.69, 9.17) is 19.4 Å². The lowest BCUT2D eigenvalue weighted by Gasteiger charge is -2.27. The van der Waals surface area contributed by atoms with E-state index in [1.807, 2.05) is 17.0 Å². The molecule has 3 heterocycles. The van der Waals surface area contributed by atoms with E-state index in [1.165, 1.54) is 6.42 Å². The summed E-state index contributed by atoms with van der Waals surface area (Å²) in [5.74, 6) is -2.13. The maximum atomic E-state index is 12.8. The number of allylic oxidation sites excluding steroid dienone is 1. The number of nitrogens with zero attached hydrogens (tertiary/aromatic N) is 2. The molecule has 2 fully saturated rings. The van der Waals surface area contributed by atoms with Crippen LogP contribution in [0.15, 0.2) is 36.2 Å². The lowest BCUT2D eigenvalue weighted by Crippen LogP contribution is -2.37. The van der Waals surface area contributed by atoms with E-state index >= 15 is 0 Å². The highest BCUT2D eigenvalue weighted by Crippen LogP contribution is 2.42. The third-order valence-corrected chi connectivity index (χ3v) is 6.02. The summed E-state index contributed by atoms with van der Waals surface area (Å²) in [7, 11) is 0. The molecule has 10 heteroatoms. The summed E-state index contributed by atoms with van der Waals surface area (Å²) in [6.07, 6.45) is 4.95. The average molecular weight is 456 g/mol. The van der Waals surface area contributed by atoms with E-state index in [-0.39, 0.29) is 11.3 Å². The number of hydrogen-bond acceptors (Lipinski definition) is 5. The van der Waals surface area contributed by atoms with Gasteiger partial charge in [-0.15, -0.1) is 0 Å². The van der Waals surface area contributed by atoms with Gasteiger partial charge in [-0.05, 0) is 43.4 Å². The Kier molecular flexibility index (Phi) is 7.89. The number of rotatable bonds is 5. The Hall–Kier alpha value is -2.46. The molecule has 4 rings (SSSR count). The van der Waals surface area contributed by atoms with Crippen molar-refractivity contribution in [2.24, 2.45) is 11.3 Å². The van der Waals surface area contributed by atoms with Crippen molar-refractivity contribution in [1.82, 2.24) is 9.88 Å². The van der Waals surface area contributed by atoms with E-state index in [2.05, 4.69) is 11.1 Å². The van der Waals surface area contributed by atoms with Gasteiger partial charge in [0.1, 0.15) is 0 Å². The molecular weight excluding hydrogens is 429 g/mol. The van der Waals surface area contributed by atoms with Crippen molar-refractivity contribution in [2.45, 2.75) is 38.5 Å². The van der Waals surface area contributed by atoms with Crippen molar-refractivity contribution >= 4 is 11.9 Å². The van der Waals surface area contributed by atoms with Gasteiger partial charge in [0, 0.05) is 42.4 Å². The van der Waals surface area contributed by atoms with Crippen LogP contribution in [-0.2, 0) is 25.7 Å². The average Bonchev–Trinajstić information content (AvgIpc) is 3.32. The fourth-order valence-electron chi connectivity index (χ4n) is 4.28. The van der Waals surface area contributed by atoms with Gasteiger partial charge in [-0.1, -0.05) is 6.08 Å². The van der Waals surface area contributed by atoms with E-state index in [0.29, 0.717) is 25.7 Å². The molecule has 0 bridgehead atoms. The zero-order chi connectivity index (χ0) is 23.2. The lowest BCUT2D eigenvalue weighted by atomic mass is 9.82. The second-order valence-electron chi connectivity index (χ2n) is 8.39. The fourth-order valence-corrected chi connectivity index (χ4v) is 4.28. The molecule has 2 aliphatic heterocycles. The molecule has 2 saturated heterocycles. The van der Waals surface area contributed by atoms with Crippen LogP contribution in [0.4, 0.5) is 13.2 Å². The molecule has 1 N–H and O–H groups in total. The number of alkyl halides is 3. The van der Waals surface area contributed by atoms with Gasteiger partial charge in [-0.2, -0.15) is 13.2 Å². The highest BCUT2D eigenvalue weighted by atomic mass is 19.4. The summed E-state index contributed by atoms with van der Waals surface area (Å²) < 4.78 is 43.5. The molecule has 1 amide bonds. The first kappa shape index (κ1) is 24.2. The van der Waals surface area contributed by atoms with Gasteiger partial charge in [0.2, 0.25) is 5.91 Å². The number of carboxylic acid groups (broad SMARTS) is 1. The van der Waals surface area contributed by atoms with E-state index < -0.39 is 12.1 Å². The third-order valence-electron chi connectivity index (χ3n) is 6.02. The van der Waals surface area contributed by atoms with Crippen LogP contribution in [0.5, 0.6) is 0 Å². The zero-order valence-corrected chi connectivity index (χ0v) is 17.6. The number of amides is 1. The second kappa shape index (κ2) is 10.4. The minimum atomic E-state index is -5.08. The molecule has 0 aromatic carbocycles. The standard InChI is InChI=1S/C20H26N2O3.C2HF3O2/c23-19(17-4-2-1-3-5-17)22-10-18-12-25-15-20(18,13-22)14-24-11-16-6-8-21-9-7-16;3-2(4,5)1(6)7/h4,6-9,18H,1-3,5,10-15H2;(H,6,7)/t18-,20-;/m1./s1. The topological polar surface area (TPSA) is 89.0 Å². The Morgan fingerprint density at radius 1 is 1.28 bits per heavy atom. The summed E-state index contributed by atoms with van der Waals surface area (Å²) in [4.78, 5) is 27.8. The number of fused-ring (bicyclic) bond motifs is 1. The first-order valence-corrected chi connectivity index (χ1v) is 10.5. The van der Waals surface area contributed by atoms with Crippen molar-refractivity contribution < 1.29 is 37.3 Å². The van der Waals surface area contributed by atoms with Gasteiger partial charge >= 0.3 is 12.1 Å². The molecule has 2 atom stereocenters. The molecule has 1 aliphatic carbocycles. The zero-order valence-electron chi connectivity index (χ0n) is 17.6. The molecule has 0 radical (unpaired) electrons. The van der Waals surface area contributed by atoms with Gasteiger partial charge in [-0.25, -0.2) is 4.79 Å². The first-order valence-electron chi connectivity index (χ1n) is 10.5. The van der Waals surface area contributed by atoms with E-state index in [9.17, 15) is 18.0 Å². The number of ether oxygens (including phenoxy) is 2. The summed E-state index contributed by atoms with van der Waals surface area (Å²) in [6, 6.07) is 3.95. The molecule has 3 aliphatic rings. The molecule has 0 spiro atoms. The van der Waals surface area contributed by atoms with E-state index in [1.54, 1.807) is 12.4 Å². The van der Waals surface area contributed by atoms with Gasteiger partial charge in [0.25, 0.3) is 0 Å². The number of pyridine rings is 1. The summed E-state index contributed by atoms with van der Waals surface area (Å²) in [5.41, 5.74) is 2.10. The Morgan fingerprint density at radius 2 is 2.00 bits per heavy atom. The first-order chi connectivity index (χ1) is 15.2. The highest BCUT2D eigenvalue weighted by Gasteiger charge is 2.52. The predicted octanol–water partition coefficient (Wildman–Crippen LogP) is 3.21. The molecule has 7 nitrogen and oxygen atoms in total. The van der Waals surface area contributed by atoms with Crippen LogP contribution in [0.2, 0.25) is 0 Å². The quantitative estimate of drug-likeness (QED) is 0.732. The summed E-state index contributed by atoms with van der Waals surface area (Å²) in [5, 5.41) is 7.12. The molecule has 0 unspecified atom stereocenters. The van der Waals surface area contributed by atoms with Crippen molar-refractivity contribution in [1.29, 1.82) is 0 Å². The molecular formula is C22H27F3N2O5. The summed E-state index contributed by atoms with van der Waals surface area (Å²) >= 11 is 0. The van der Waals surface area contributed by atoms with E-state index in [0.717, 1.165) is 50.1 Å². The van der Waals surface area contributed by atoms with Crippen LogP contribution in [0.1, 0.15) is 31.2 Å². The van der Waals surface area contributed by atoms with Gasteiger partial charge in [0.15, 0.2) is 0 Å². The Bertz CT molecular complexity index is 831. The minimum Gasteiger partial charge on any atom is -0.475 e. The van der Waals surface area contributed by atoms with Gasteiger partial charge in [0.05, 0.1) is 26.4 Å². The number of carbonyl (C=O) groups excluding carboxylic acids is 1. The van der Waals surface area contributed by atoms with Crippen LogP contribution in [0, 0.1) is 11.3 Å². The molecule has 0 saturated carbocycles. The largest absolute Gasteiger partial charge is 0.490 e. The Labute approximate surface area is 184 Å². The number of carbonyl (C=O) groups is 2. The SMILES string of the molecule is O=C(C1=CCCCC1)N1C[C@@H]2COC[C@]2(COCc2ccncc2)C1.O=C(O)C(F)(F)F. The monoisotopic (exact) mass is 456 g/mol. The maximum absolute atomic E-state index is 12.8. The van der Waals surface area contributed by atoms with Crippen LogP contribution in [0.25, 0.3) is 0 Å². The predicted molar refractivity (Wildman–Crippen MR) is 107 cm³/mol. The molecule has 176 valence electrons. The highest BCUT2D eigenvalue weighted by molar-refractivity contribution is 5.93. The number of hydrogen-bond donors (Lipinski definition) is 1. The van der Waals surface area contributed by atoms with Crippen LogP contribution >= 0.6 is 0 Å². The van der Waals surface area contributed by atoms with Crippen molar-refractivity contribution in [3.8, 4) is 0 Å². The van der Waals surface area contributed by atoms with Crippen molar-refractivity contribution in [3.05, 3.63) is 41.7 Å². The second-order valence-corrected chi connectivity index (χ2v) is 8.39. The van der Waals surface area contributed by atoms with Crippen molar-refractivity contribution in [2.75, 3.05) is 32.9 Å². The van der Waals surface area contributed by atoms with Crippen LogP contribution in [-0.4, -0.2) is 66.0 Å². The summed E-state index contributed by atoms with van der Waals surface area (Å²) in [6.45, 7) is 4.20. The Balaban J connectivity index is 0.000000360. The maximum Gasteiger partial charge on any atom is 0.490 e. The smallest absolute Gasteiger partial charge is 0.475 e. The molecule has 32 heavy (non-hydrogen) atoms. The normalized spacial score (nSPS) is 24.9. The fraction of sp³-hybridized carbons (Fsp3) is 0.591. The van der Waals surface area contributed by atoms with Crippen LogP contribution < -0.4 is 0 Å². The number of aliphatic carboxylic acids is 1. The van der Waals surface area contributed by atoms with Gasteiger partial charge in [-0.3, -0.25) is 9.78 Å². The van der Waals surface area contributed by atoms with Gasteiger partial charge < -0.3 is 19.5 Å². The number of halogens is 3. The van der Waals surface area contributed by atoms with Crippen LogP contribution in [0.3, 0.4) is 0 Å². The third kappa shape index (κ3) is 6.07. The number of likely N-dealkylation sites (tertiary alicyclic amines) is 1. The van der Waals surface area contributed by atoms with Crippen molar-refractivity contribution in [3.63, 3.8) is 0 Å². The molecule has 1 aromatic rings. The number of carboxylic acids is 1. The number of aromatic nitrogens is 1. The lowest BCUT2D eigenvalue weighted by molar-refractivity contribution is -0.192.